The number of carbonyl (C=O) groups is 1. The summed E-state index contributed by atoms with van der Waals surface area (Å²) >= 11 is 0. The molecule has 1 amide bonds. The zero-order valence-corrected chi connectivity index (χ0v) is 14.8. The molecular formula is C18H20N2O4S. The molecule has 0 radical (unpaired) electrons. The first kappa shape index (κ1) is 17.3. The number of hydrogen-bond donors (Lipinski definition) is 1. The highest BCUT2D eigenvalue weighted by molar-refractivity contribution is 7.93. The van der Waals surface area contributed by atoms with Crippen LogP contribution in [0.1, 0.15) is 12.0 Å². The van der Waals surface area contributed by atoms with Crippen molar-refractivity contribution in [2.45, 2.75) is 12.8 Å². The molecular weight excluding hydrogens is 340 g/mol. The number of hydrogen-bond acceptors (Lipinski definition) is 4. The fourth-order valence-corrected chi connectivity index (χ4v) is 4.42. The third-order valence-corrected chi connectivity index (χ3v) is 5.89. The van der Waals surface area contributed by atoms with E-state index in [2.05, 4.69) is 5.32 Å². The molecule has 1 fully saturated rings. The highest BCUT2D eigenvalue weighted by Gasteiger charge is 2.30. The minimum absolute atomic E-state index is 0.126. The van der Waals surface area contributed by atoms with E-state index in [9.17, 15) is 13.2 Å². The number of nitrogens with one attached hydrogen (secondary N) is 1. The molecule has 0 atom stereocenters. The van der Waals surface area contributed by atoms with Crippen molar-refractivity contribution in [3.63, 3.8) is 0 Å². The van der Waals surface area contributed by atoms with Gasteiger partial charge in [0.25, 0.3) is 0 Å². The maximum Gasteiger partial charge on any atom is 0.235 e. The van der Waals surface area contributed by atoms with Crippen LogP contribution in [0, 0.1) is 0 Å². The largest absolute Gasteiger partial charge is 0.495 e. The van der Waals surface area contributed by atoms with Crippen LogP contribution in [0.3, 0.4) is 0 Å². The van der Waals surface area contributed by atoms with Crippen molar-refractivity contribution in [3.05, 3.63) is 54.1 Å². The summed E-state index contributed by atoms with van der Waals surface area (Å²) < 4.78 is 31.0. The third-order valence-electron chi connectivity index (χ3n) is 4.04. The topological polar surface area (TPSA) is 75.7 Å². The highest BCUT2D eigenvalue weighted by atomic mass is 32.2. The molecule has 0 aliphatic carbocycles. The molecule has 0 aromatic heterocycles. The van der Waals surface area contributed by atoms with Gasteiger partial charge < -0.3 is 10.1 Å². The number of anilines is 2. The highest BCUT2D eigenvalue weighted by Crippen LogP contribution is 2.35. The average molecular weight is 360 g/mol. The lowest BCUT2D eigenvalue weighted by Gasteiger charge is -2.20. The summed E-state index contributed by atoms with van der Waals surface area (Å²) in [6.45, 7) is 0.417. The number of benzene rings is 2. The summed E-state index contributed by atoms with van der Waals surface area (Å²) in [4.78, 5) is 12.2. The Kier molecular flexibility index (Phi) is 4.94. The minimum Gasteiger partial charge on any atom is -0.495 e. The first-order valence-corrected chi connectivity index (χ1v) is 9.63. The second kappa shape index (κ2) is 7.14. The molecule has 1 N–H and O–H groups in total. The Morgan fingerprint density at radius 1 is 1.20 bits per heavy atom. The summed E-state index contributed by atoms with van der Waals surface area (Å²) in [5.41, 5.74) is 1.91. The number of rotatable bonds is 5. The van der Waals surface area contributed by atoms with E-state index in [1.807, 2.05) is 30.3 Å². The molecule has 1 aliphatic heterocycles. The maximum absolute atomic E-state index is 12.2. The molecule has 1 aliphatic rings. The standard InChI is InChI=1S/C18H20N2O4S/c1-24-17-9-8-15(13-16(17)20-10-5-11-25(20,22)23)19-18(21)12-14-6-3-2-4-7-14/h2-4,6-9,13H,5,10-12H2,1H3,(H,19,21). The SMILES string of the molecule is COc1ccc(NC(=O)Cc2ccccc2)cc1N1CCCS1(=O)=O. The number of ether oxygens (including phenoxy) is 1. The van der Waals surface area contributed by atoms with Gasteiger partial charge in [-0.05, 0) is 30.2 Å². The number of amides is 1. The molecule has 2 aromatic rings. The normalized spacial score (nSPS) is 15.8. The van der Waals surface area contributed by atoms with Gasteiger partial charge in [0.05, 0.1) is 25.0 Å². The van der Waals surface area contributed by atoms with E-state index >= 15 is 0 Å². The van der Waals surface area contributed by atoms with Crippen molar-refractivity contribution in [1.82, 2.24) is 0 Å². The maximum atomic E-state index is 12.2. The minimum atomic E-state index is -3.33. The van der Waals surface area contributed by atoms with Gasteiger partial charge >= 0.3 is 0 Å². The lowest BCUT2D eigenvalue weighted by molar-refractivity contribution is -0.115. The summed E-state index contributed by atoms with van der Waals surface area (Å²) in [6, 6.07) is 14.4. The van der Waals surface area contributed by atoms with Gasteiger partial charge in [0, 0.05) is 12.2 Å². The molecule has 0 saturated carbocycles. The number of methoxy groups -OCH3 is 1. The van der Waals surface area contributed by atoms with Gasteiger partial charge in [0.15, 0.2) is 0 Å². The quantitative estimate of drug-likeness (QED) is 0.888. The third kappa shape index (κ3) is 3.93. The average Bonchev–Trinajstić information content (AvgIpc) is 2.94. The lowest BCUT2D eigenvalue weighted by Crippen LogP contribution is -2.25. The summed E-state index contributed by atoms with van der Waals surface area (Å²) in [6.07, 6.45) is 0.834. The number of sulfonamides is 1. The zero-order valence-electron chi connectivity index (χ0n) is 13.9. The lowest BCUT2D eigenvalue weighted by atomic mass is 10.1. The number of nitrogens with zero attached hydrogens (tertiary/aromatic N) is 1. The molecule has 6 nitrogen and oxygen atoms in total. The second-order valence-corrected chi connectivity index (χ2v) is 7.85. The summed E-state index contributed by atoms with van der Waals surface area (Å²) in [5.74, 6) is 0.430. The van der Waals surface area contributed by atoms with Crippen molar-refractivity contribution in [3.8, 4) is 5.75 Å². The van der Waals surface area contributed by atoms with E-state index in [-0.39, 0.29) is 18.1 Å². The first-order valence-electron chi connectivity index (χ1n) is 8.02. The molecule has 1 saturated heterocycles. The van der Waals surface area contributed by atoms with Crippen LogP contribution >= 0.6 is 0 Å². The van der Waals surface area contributed by atoms with Crippen LogP contribution < -0.4 is 14.4 Å². The second-order valence-electron chi connectivity index (χ2n) is 5.84. The van der Waals surface area contributed by atoms with Crippen LogP contribution in [-0.2, 0) is 21.2 Å². The van der Waals surface area contributed by atoms with Crippen molar-refractivity contribution in [2.75, 3.05) is 29.0 Å². The Balaban J connectivity index is 1.81. The number of carbonyl (C=O) groups excluding carboxylic acids is 1. The molecule has 0 spiro atoms. The Morgan fingerprint density at radius 3 is 2.60 bits per heavy atom. The first-order chi connectivity index (χ1) is 12.0. The molecule has 0 unspecified atom stereocenters. The van der Waals surface area contributed by atoms with Crippen LogP contribution in [0.15, 0.2) is 48.5 Å². The molecule has 1 heterocycles. The van der Waals surface area contributed by atoms with Crippen LogP contribution in [0.4, 0.5) is 11.4 Å². The summed E-state index contributed by atoms with van der Waals surface area (Å²) in [5, 5.41) is 2.82. The summed E-state index contributed by atoms with van der Waals surface area (Å²) in [7, 11) is -1.83. The zero-order chi connectivity index (χ0) is 17.9. The van der Waals surface area contributed by atoms with Gasteiger partial charge in [-0.1, -0.05) is 30.3 Å². The van der Waals surface area contributed by atoms with E-state index in [1.54, 1.807) is 18.2 Å². The van der Waals surface area contributed by atoms with E-state index in [1.165, 1.54) is 11.4 Å². The fraction of sp³-hybridized carbons (Fsp3) is 0.278. The van der Waals surface area contributed by atoms with Crippen LogP contribution in [0.25, 0.3) is 0 Å². The molecule has 25 heavy (non-hydrogen) atoms. The van der Waals surface area contributed by atoms with Gasteiger partial charge in [0.1, 0.15) is 5.75 Å². The van der Waals surface area contributed by atoms with Gasteiger partial charge in [0.2, 0.25) is 15.9 Å². The van der Waals surface area contributed by atoms with Gasteiger partial charge in [-0.15, -0.1) is 0 Å². The van der Waals surface area contributed by atoms with E-state index in [0.29, 0.717) is 30.1 Å². The predicted octanol–water partition coefficient (Wildman–Crippen LogP) is 2.42. The van der Waals surface area contributed by atoms with Gasteiger partial charge in [-0.25, -0.2) is 8.42 Å². The Morgan fingerprint density at radius 2 is 1.96 bits per heavy atom. The molecule has 7 heteroatoms. The fourth-order valence-electron chi connectivity index (χ4n) is 2.86. The Labute approximate surface area is 147 Å². The van der Waals surface area contributed by atoms with Crippen molar-refractivity contribution >= 4 is 27.3 Å². The van der Waals surface area contributed by atoms with Crippen LogP contribution in [0.5, 0.6) is 5.75 Å². The van der Waals surface area contributed by atoms with E-state index < -0.39 is 10.0 Å². The van der Waals surface area contributed by atoms with E-state index in [0.717, 1.165) is 5.56 Å². The van der Waals surface area contributed by atoms with Crippen molar-refractivity contribution in [1.29, 1.82) is 0 Å². The molecule has 2 aromatic carbocycles. The van der Waals surface area contributed by atoms with Crippen molar-refractivity contribution < 1.29 is 17.9 Å². The Hall–Kier alpha value is -2.54. The van der Waals surface area contributed by atoms with Crippen LogP contribution in [-0.4, -0.2) is 33.7 Å². The van der Waals surface area contributed by atoms with E-state index in [4.69, 9.17) is 4.74 Å². The monoisotopic (exact) mass is 360 g/mol. The Bertz CT molecular complexity index is 866. The van der Waals surface area contributed by atoms with Gasteiger partial charge in [-0.3, -0.25) is 9.10 Å². The van der Waals surface area contributed by atoms with Crippen LogP contribution in [0.2, 0.25) is 0 Å². The predicted molar refractivity (Wildman–Crippen MR) is 97.5 cm³/mol. The smallest absolute Gasteiger partial charge is 0.235 e. The van der Waals surface area contributed by atoms with Gasteiger partial charge in [-0.2, -0.15) is 0 Å². The molecule has 0 bridgehead atoms. The van der Waals surface area contributed by atoms with Crippen molar-refractivity contribution in [2.24, 2.45) is 0 Å². The molecule has 3 rings (SSSR count). The molecule has 132 valence electrons.